The van der Waals surface area contributed by atoms with Crippen molar-refractivity contribution < 1.29 is 9.59 Å². The van der Waals surface area contributed by atoms with Gasteiger partial charge in [0.2, 0.25) is 5.91 Å². The van der Waals surface area contributed by atoms with Crippen molar-refractivity contribution >= 4 is 11.8 Å². The maximum absolute atomic E-state index is 12.4. The van der Waals surface area contributed by atoms with Gasteiger partial charge in [-0.3, -0.25) is 9.59 Å². The van der Waals surface area contributed by atoms with Crippen molar-refractivity contribution in [3.8, 4) is 0 Å². The molecule has 0 aromatic heterocycles. The van der Waals surface area contributed by atoms with E-state index in [1.54, 1.807) is 0 Å². The molecule has 1 saturated carbocycles. The Bertz CT molecular complexity index is 449. The highest BCUT2D eigenvalue weighted by Crippen LogP contribution is 2.37. The van der Waals surface area contributed by atoms with E-state index in [0.29, 0.717) is 6.42 Å². The zero-order chi connectivity index (χ0) is 14.1. The second kappa shape index (κ2) is 5.58. The number of likely N-dealkylation sites (N-methyl/N-ethyl adjacent to an activating group) is 1. The van der Waals surface area contributed by atoms with Gasteiger partial charge in [-0.2, -0.15) is 0 Å². The number of amides is 2. The number of carbonyl (C=O) groups is 2. The topological polar surface area (TPSA) is 40.6 Å². The highest BCUT2D eigenvalue weighted by Gasteiger charge is 2.38. The van der Waals surface area contributed by atoms with Gasteiger partial charge in [-0.1, -0.05) is 6.42 Å². The van der Waals surface area contributed by atoms with Crippen LogP contribution in [0.15, 0.2) is 11.1 Å². The van der Waals surface area contributed by atoms with Crippen molar-refractivity contribution in [2.24, 2.45) is 0 Å². The minimum absolute atomic E-state index is 0.0947. The summed E-state index contributed by atoms with van der Waals surface area (Å²) >= 11 is 0. The van der Waals surface area contributed by atoms with E-state index in [-0.39, 0.29) is 17.9 Å². The summed E-state index contributed by atoms with van der Waals surface area (Å²) in [5, 5.41) is 0. The molecule has 1 atom stereocenters. The second-order valence-corrected chi connectivity index (χ2v) is 6.30. The van der Waals surface area contributed by atoms with Gasteiger partial charge >= 0.3 is 0 Å². The van der Waals surface area contributed by atoms with Gasteiger partial charge in [0.25, 0.3) is 5.91 Å². The predicted octanol–water partition coefficient (Wildman–Crippen LogP) is 2.10. The molecule has 3 aliphatic rings. The Kier molecular flexibility index (Phi) is 3.81. The lowest BCUT2D eigenvalue weighted by molar-refractivity contribution is -0.133. The molecule has 2 amide bonds. The Hall–Kier alpha value is -1.32. The summed E-state index contributed by atoms with van der Waals surface area (Å²) in [4.78, 5) is 28.6. The number of hydrogen-bond donors (Lipinski definition) is 0. The number of hydrogen-bond acceptors (Lipinski definition) is 2. The van der Waals surface area contributed by atoms with E-state index in [9.17, 15) is 9.59 Å². The Morgan fingerprint density at radius 3 is 2.65 bits per heavy atom. The van der Waals surface area contributed by atoms with Crippen LogP contribution in [0.1, 0.15) is 51.4 Å². The van der Waals surface area contributed by atoms with Crippen molar-refractivity contribution in [3.63, 3.8) is 0 Å². The zero-order valence-corrected chi connectivity index (χ0v) is 12.4. The number of piperidine rings is 1. The molecule has 0 aromatic rings. The Morgan fingerprint density at radius 1 is 1.15 bits per heavy atom. The summed E-state index contributed by atoms with van der Waals surface area (Å²) < 4.78 is 0. The van der Waals surface area contributed by atoms with Crippen LogP contribution in [-0.2, 0) is 9.59 Å². The Balaban J connectivity index is 1.74. The van der Waals surface area contributed by atoms with Crippen LogP contribution in [0.3, 0.4) is 0 Å². The molecular formula is C16H24N2O2. The molecule has 3 rings (SSSR count). The molecule has 0 aromatic carbocycles. The van der Waals surface area contributed by atoms with E-state index < -0.39 is 0 Å². The number of likely N-dealkylation sites (tertiary alicyclic amines) is 1. The van der Waals surface area contributed by atoms with Crippen molar-refractivity contribution in [2.75, 3.05) is 20.1 Å². The molecule has 4 heteroatoms. The molecular weight excluding hydrogens is 252 g/mol. The van der Waals surface area contributed by atoms with E-state index in [4.69, 9.17) is 0 Å². The molecule has 2 aliphatic heterocycles. The lowest BCUT2D eigenvalue weighted by atomic mass is 9.88. The Labute approximate surface area is 120 Å². The molecule has 4 nitrogen and oxygen atoms in total. The fourth-order valence-corrected chi connectivity index (χ4v) is 3.86. The minimum atomic E-state index is 0.0947. The second-order valence-electron chi connectivity index (χ2n) is 6.30. The van der Waals surface area contributed by atoms with E-state index in [0.717, 1.165) is 50.8 Å². The molecule has 2 heterocycles. The summed E-state index contributed by atoms with van der Waals surface area (Å²) in [7, 11) is 1.89. The van der Waals surface area contributed by atoms with Crippen LogP contribution < -0.4 is 0 Å². The SMILES string of the molecule is CN1C(=O)C(CC(=O)N2CCCCC2)=C2CCCCC21. The van der Waals surface area contributed by atoms with Crippen LogP contribution in [0.4, 0.5) is 0 Å². The van der Waals surface area contributed by atoms with Crippen LogP contribution in [0.5, 0.6) is 0 Å². The molecule has 1 aliphatic carbocycles. The third-order valence-corrected chi connectivity index (χ3v) is 5.05. The van der Waals surface area contributed by atoms with Gasteiger partial charge in [-0.25, -0.2) is 0 Å². The Morgan fingerprint density at radius 2 is 1.90 bits per heavy atom. The first-order valence-corrected chi connectivity index (χ1v) is 7.95. The van der Waals surface area contributed by atoms with Crippen molar-refractivity contribution in [2.45, 2.75) is 57.4 Å². The van der Waals surface area contributed by atoms with Crippen LogP contribution >= 0.6 is 0 Å². The molecule has 2 fully saturated rings. The summed E-state index contributed by atoms with van der Waals surface area (Å²) in [6, 6.07) is 0.278. The lowest BCUT2D eigenvalue weighted by Crippen LogP contribution is -2.36. The molecule has 110 valence electrons. The van der Waals surface area contributed by atoms with E-state index in [2.05, 4.69) is 0 Å². The number of carbonyl (C=O) groups excluding carboxylic acids is 2. The van der Waals surface area contributed by atoms with Crippen LogP contribution in [0.2, 0.25) is 0 Å². The van der Waals surface area contributed by atoms with Gasteiger partial charge in [0, 0.05) is 25.7 Å². The maximum Gasteiger partial charge on any atom is 0.250 e. The summed E-state index contributed by atoms with van der Waals surface area (Å²) in [5.41, 5.74) is 2.07. The average Bonchev–Trinajstić information content (AvgIpc) is 2.74. The van der Waals surface area contributed by atoms with Crippen LogP contribution in [0.25, 0.3) is 0 Å². The van der Waals surface area contributed by atoms with Gasteiger partial charge in [0.05, 0.1) is 12.5 Å². The zero-order valence-electron chi connectivity index (χ0n) is 12.4. The fourth-order valence-electron chi connectivity index (χ4n) is 3.86. The monoisotopic (exact) mass is 276 g/mol. The van der Waals surface area contributed by atoms with Gasteiger partial charge in [0.1, 0.15) is 0 Å². The molecule has 1 unspecified atom stereocenters. The number of nitrogens with zero attached hydrogens (tertiary/aromatic N) is 2. The maximum atomic E-state index is 12.4. The minimum Gasteiger partial charge on any atom is -0.342 e. The van der Waals surface area contributed by atoms with Crippen molar-refractivity contribution in [3.05, 3.63) is 11.1 Å². The fraction of sp³-hybridized carbons (Fsp3) is 0.750. The molecule has 20 heavy (non-hydrogen) atoms. The highest BCUT2D eigenvalue weighted by atomic mass is 16.2. The van der Waals surface area contributed by atoms with Crippen LogP contribution in [-0.4, -0.2) is 47.8 Å². The predicted molar refractivity (Wildman–Crippen MR) is 77.1 cm³/mol. The third kappa shape index (κ3) is 2.36. The van der Waals surface area contributed by atoms with Crippen molar-refractivity contribution in [1.29, 1.82) is 0 Å². The average molecular weight is 276 g/mol. The normalized spacial score (nSPS) is 27.1. The molecule has 0 radical (unpaired) electrons. The smallest absolute Gasteiger partial charge is 0.250 e. The summed E-state index contributed by atoms with van der Waals surface area (Å²) in [6.45, 7) is 1.74. The van der Waals surface area contributed by atoms with Gasteiger partial charge in [-0.15, -0.1) is 0 Å². The highest BCUT2D eigenvalue weighted by molar-refractivity contribution is 6.02. The molecule has 0 bridgehead atoms. The first-order valence-electron chi connectivity index (χ1n) is 7.95. The summed E-state index contributed by atoms with van der Waals surface area (Å²) in [5.74, 6) is 0.248. The molecule has 0 N–H and O–H groups in total. The quantitative estimate of drug-likeness (QED) is 0.775. The van der Waals surface area contributed by atoms with Crippen molar-refractivity contribution in [1.82, 2.24) is 9.80 Å². The van der Waals surface area contributed by atoms with Gasteiger partial charge in [0.15, 0.2) is 0 Å². The molecule has 1 saturated heterocycles. The first-order chi connectivity index (χ1) is 9.68. The standard InChI is InChI=1S/C16H24N2O2/c1-17-14-8-4-3-7-12(14)13(16(17)20)11-15(19)18-9-5-2-6-10-18/h14H,2-11H2,1H3. The summed E-state index contributed by atoms with van der Waals surface area (Å²) in [6.07, 6.45) is 8.19. The van der Waals surface area contributed by atoms with Gasteiger partial charge in [-0.05, 0) is 44.1 Å². The first kappa shape index (κ1) is 13.7. The van der Waals surface area contributed by atoms with Gasteiger partial charge < -0.3 is 9.80 Å². The van der Waals surface area contributed by atoms with E-state index >= 15 is 0 Å². The third-order valence-electron chi connectivity index (χ3n) is 5.05. The number of fused-ring (bicyclic) bond motifs is 1. The molecule has 0 spiro atoms. The van der Waals surface area contributed by atoms with E-state index in [1.807, 2.05) is 16.8 Å². The van der Waals surface area contributed by atoms with Crippen LogP contribution in [0, 0.1) is 0 Å². The largest absolute Gasteiger partial charge is 0.342 e. The number of rotatable bonds is 2. The van der Waals surface area contributed by atoms with E-state index in [1.165, 1.54) is 18.4 Å². The lowest BCUT2D eigenvalue weighted by Gasteiger charge is -2.27.